The summed E-state index contributed by atoms with van der Waals surface area (Å²) in [5.74, 6) is 0.131. The lowest BCUT2D eigenvalue weighted by atomic mass is 9.77. The Kier molecular flexibility index (Phi) is 5.44. The molecule has 1 aromatic rings. The van der Waals surface area contributed by atoms with Gasteiger partial charge in [-0.15, -0.1) is 0 Å². The molecule has 2 saturated heterocycles. The molecule has 2 aliphatic rings. The quantitative estimate of drug-likeness (QED) is 0.901. The predicted octanol–water partition coefficient (Wildman–Crippen LogP) is 3.30. The molecule has 0 radical (unpaired) electrons. The molecule has 3 rings (SSSR count). The number of para-hydroxylation sites is 1. The Hall–Kier alpha value is -1.55. The third-order valence-electron chi connectivity index (χ3n) is 5.65. The molecule has 1 amide bonds. The molecular formula is C20H30N2O2. The maximum absolute atomic E-state index is 13.2. The number of anilines is 1. The number of amides is 1. The molecule has 4 nitrogen and oxygen atoms in total. The Morgan fingerprint density at radius 3 is 2.62 bits per heavy atom. The fourth-order valence-corrected chi connectivity index (χ4v) is 4.38. The van der Waals surface area contributed by atoms with E-state index in [-0.39, 0.29) is 17.9 Å². The van der Waals surface area contributed by atoms with Gasteiger partial charge < -0.3 is 14.9 Å². The molecule has 1 aromatic carbocycles. The van der Waals surface area contributed by atoms with Gasteiger partial charge in [-0.3, -0.25) is 4.79 Å². The Morgan fingerprint density at radius 1 is 1.17 bits per heavy atom. The molecule has 132 valence electrons. The molecule has 0 aromatic heterocycles. The summed E-state index contributed by atoms with van der Waals surface area (Å²) in [4.78, 5) is 17.5. The molecule has 2 fully saturated rings. The average Bonchev–Trinajstić information content (AvgIpc) is 3.16. The van der Waals surface area contributed by atoms with Gasteiger partial charge in [0, 0.05) is 37.3 Å². The van der Waals surface area contributed by atoms with E-state index in [0.717, 1.165) is 56.6 Å². The van der Waals surface area contributed by atoms with Gasteiger partial charge in [0.1, 0.15) is 0 Å². The third-order valence-corrected chi connectivity index (χ3v) is 5.65. The van der Waals surface area contributed by atoms with E-state index in [1.54, 1.807) is 0 Å². The first kappa shape index (κ1) is 17.3. The van der Waals surface area contributed by atoms with Crippen LogP contribution < -0.4 is 4.90 Å². The van der Waals surface area contributed by atoms with E-state index in [9.17, 15) is 9.90 Å². The summed E-state index contributed by atoms with van der Waals surface area (Å²) in [5.41, 5.74) is 1.80. The van der Waals surface area contributed by atoms with Gasteiger partial charge in [0.2, 0.25) is 0 Å². The largest absolute Gasteiger partial charge is 0.396 e. The van der Waals surface area contributed by atoms with Crippen LogP contribution in [0.15, 0.2) is 24.3 Å². The Morgan fingerprint density at radius 2 is 1.92 bits per heavy atom. The summed E-state index contributed by atoms with van der Waals surface area (Å²) in [6.07, 6.45) is 6.45. The van der Waals surface area contributed by atoms with Crippen molar-refractivity contribution in [1.29, 1.82) is 0 Å². The summed E-state index contributed by atoms with van der Waals surface area (Å²) in [7, 11) is 0. The Labute approximate surface area is 145 Å². The zero-order chi connectivity index (χ0) is 17.0. The van der Waals surface area contributed by atoms with E-state index in [0.29, 0.717) is 6.54 Å². The van der Waals surface area contributed by atoms with Crippen LogP contribution in [0.4, 0.5) is 5.69 Å². The summed E-state index contributed by atoms with van der Waals surface area (Å²) in [5, 5.41) is 9.92. The maximum atomic E-state index is 13.2. The van der Waals surface area contributed by atoms with Gasteiger partial charge in [-0.05, 0) is 44.2 Å². The number of likely N-dealkylation sites (tertiary alicyclic amines) is 1. The van der Waals surface area contributed by atoms with Gasteiger partial charge in [0.25, 0.3) is 5.91 Å². The highest BCUT2D eigenvalue weighted by molar-refractivity contribution is 6.00. The average molecular weight is 330 g/mol. The minimum absolute atomic E-state index is 0.106. The molecular weight excluding hydrogens is 300 g/mol. The molecule has 24 heavy (non-hydrogen) atoms. The van der Waals surface area contributed by atoms with Crippen molar-refractivity contribution in [3.8, 4) is 0 Å². The van der Waals surface area contributed by atoms with Gasteiger partial charge in [-0.1, -0.05) is 25.5 Å². The zero-order valence-corrected chi connectivity index (χ0v) is 14.8. The number of carbonyl (C=O) groups excluding carboxylic acids is 1. The second-order valence-electron chi connectivity index (χ2n) is 7.45. The van der Waals surface area contributed by atoms with Crippen molar-refractivity contribution < 1.29 is 9.90 Å². The van der Waals surface area contributed by atoms with Crippen LogP contribution in [0, 0.1) is 5.41 Å². The minimum atomic E-state index is -0.106. The topological polar surface area (TPSA) is 43.8 Å². The molecule has 1 atom stereocenters. The van der Waals surface area contributed by atoms with Crippen molar-refractivity contribution in [2.45, 2.75) is 45.4 Å². The first-order chi connectivity index (χ1) is 11.7. The fourth-order valence-electron chi connectivity index (χ4n) is 4.38. The molecule has 2 heterocycles. The molecule has 0 unspecified atom stereocenters. The monoisotopic (exact) mass is 330 g/mol. The van der Waals surface area contributed by atoms with Gasteiger partial charge in [-0.2, -0.15) is 0 Å². The molecule has 0 aliphatic carbocycles. The smallest absolute Gasteiger partial charge is 0.255 e. The number of nitrogens with zero attached hydrogens (tertiary/aromatic N) is 2. The number of carbonyl (C=O) groups is 1. The van der Waals surface area contributed by atoms with Crippen molar-refractivity contribution in [3.05, 3.63) is 29.8 Å². The molecule has 0 spiro atoms. The fraction of sp³-hybridized carbons (Fsp3) is 0.650. The predicted molar refractivity (Wildman–Crippen MR) is 97.5 cm³/mol. The van der Waals surface area contributed by atoms with Crippen LogP contribution in [0.2, 0.25) is 0 Å². The van der Waals surface area contributed by atoms with Gasteiger partial charge >= 0.3 is 0 Å². The van der Waals surface area contributed by atoms with E-state index in [4.69, 9.17) is 0 Å². The number of hydrogen-bond donors (Lipinski definition) is 1. The van der Waals surface area contributed by atoms with Crippen molar-refractivity contribution in [1.82, 2.24) is 4.90 Å². The summed E-state index contributed by atoms with van der Waals surface area (Å²) in [6, 6.07) is 8.02. The summed E-state index contributed by atoms with van der Waals surface area (Å²) >= 11 is 0. The van der Waals surface area contributed by atoms with Gasteiger partial charge in [0.15, 0.2) is 0 Å². The Balaban J connectivity index is 1.81. The van der Waals surface area contributed by atoms with Crippen molar-refractivity contribution >= 4 is 11.6 Å². The summed E-state index contributed by atoms with van der Waals surface area (Å²) in [6.45, 7) is 5.91. The van der Waals surface area contributed by atoms with E-state index in [2.05, 4.69) is 17.9 Å². The standard InChI is InChI=1S/C20H30N2O2/c1-2-10-20(16-23)11-7-14-22(15-20)19(24)17-8-3-4-9-18(17)21-12-5-6-13-21/h3-4,8-9,23H,2,5-7,10-16H2,1H3/t20-/m1/s1. The molecule has 4 heteroatoms. The minimum Gasteiger partial charge on any atom is -0.396 e. The molecule has 0 saturated carbocycles. The van der Waals surface area contributed by atoms with Crippen LogP contribution in [0.25, 0.3) is 0 Å². The number of aliphatic hydroxyl groups is 1. The molecule has 0 bridgehead atoms. The van der Waals surface area contributed by atoms with E-state index >= 15 is 0 Å². The lowest BCUT2D eigenvalue weighted by Gasteiger charge is -2.42. The SMILES string of the molecule is CCC[C@@]1(CO)CCCN(C(=O)c2ccccc2N2CCCC2)C1. The van der Waals surface area contributed by atoms with Crippen LogP contribution in [-0.4, -0.2) is 48.7 Å². The lowest BCUT2D eigenvalue weighted by Crippen LogP contribution is -2.48. The van der Waals surface area contributed by atoms with Crippen LogP contribution in [0.5, 0.6) is 0 Å². The lowest BCUT2D eigenvalue weighted by molar-refractivity contribution is 0.0223. The normalized spacial score (nSPS) is 24.4. The zero-order valence-electron chi connectivity index (χ0n) is 14.8. The van der Waals surface area contributed by atoms with Crippen molar-refractivity contribution in [2.24, 2.45) is 5.41 Å². The van der Waals surface area contributed by atoms with Crippen molar-refractivity contribution in [3.63, 3.8) is 0 Å². The second-order valence-corrected chi connectivity index (χ2v) is 7.45. The number of hydrogen-bond acceptors (Lipinski definition) is 3. The molecule has 1 N–H and O–H groups in total. The van der Waals surface area contributed by atoms with Gasteiger partial charge in [0.05, 0.1) is 12.2 Å². The second kappa shape index (κ2) is 7.56. The first-order valence-corrected chi connectivity index (χ1v) is 9.43. The van der Waals surface area contributed by atoms with E-state index < -0.39 is 0 Å². The van der Waals surface area contributed by atoms with E-state index in [1.165, 1.54) is 12.8 Å². The highest BCUT2D eigenvalue weighted by atomic mass is 16.3. The number of rotatable bonds is 5. The molecule has 2 aliphatic heterocycles. The number of piperidine rings is 1. The van der Waals surface area contributed by atoms with Gasteiger partial charge in [-0.25, -0.2) is 0 Å². The Bertz CT molecular complexity index is 565. The highest BCUT2D eigenvalue weighted by Gasteiger charge is 2.36. The first-order valence-electron chi connectivity index (χ1n) is 9.43. The summed E-state index contributed by atoms with van der Waals surface area (Å²) < 4.78 is 0. The maximum Gasteiger partial charge on any atom is 0.255 e. The van der Waals surface area contributed by atoms with Crippen LogP contribution in [0.1, 0.15) is 55.8 Å². The third kappa shape index (κ3) is 3.44. The van der Waals surface area contributed by atoms with Crippen molar-refractivity contribution in [2.75, 3.05) is 37.7 Å². The van der Waals surface area contributed by atoms with Crippen LogP contribution >= 0.6 is 0 Å². The van der Waals surface area contributed by atoms with Crippen LogP contribution in [0.3, 0.4) is 0 Å². The van der Waals surface area contributed by atoms with Crippen LogP contribution in [-0.2, 0) is 0 Å². The highest BCUT2D eigenvalue weighted by Crippen LogP contribution is 2.35. The number of aliphatic hydroxyl groups excluding tert-OH is 1. The van der Waals surface area contributed by atoms with E-state index in [1.807, 2.05) is 23.1 Å². The number of benzene rings is 1.